The van der Waals surface area contributed by atoms with E-state index in [1.807, 2.05) is 11.8 Å². The van der Waals surface area contributed by atoms with Crippen LogP contribution in [-0.2, 0) is 0 Å². The van der Waals surface area contributed by atoms with Gasteiger partial charge in [-0.15, -0.1) is 24.0 Å². The normalized spacial score (nSPS) is 10.9. The van der Waals surface area contributed by atoms with Gasteiger partial charge in [0.2, 0.25) is 0 Å². The van der Waals surface area contributed by atoms with Crippen LogP contribution in [0, 0.1) is 0 Å². The number of anilines is 1. The second-order valence-corrected chi connectivity index (χ2v) is 6.84. The van der Waals surface area contributed by atoms with Gasteiger partial charge in [0, 0.05) is 38.9 Å². The Labute approximate surface area is 175 Å². The maximum Gasteiger partial charge on any atom is 0.191 e. The highest BCUT2D eigenvalue weighted by Crippen LogP contribution is 2.11. The Morgan fingerprint density at radius 1 is 1.08 bits per heavy atom. The molecule has 0 aromatic heterocycles. The highest BCUT2D eigenvalue weighted by Gasteiger charge is 2.00. The molecule has 1 aromatic carbocycles. The molecule has 2 N–H and O–H groups in total. The summed E-state index contributed by atoms with van der Waals surface area (Å²) in [5.41, 5.74) is 1.28. The average Bonchev–Trinajstić information content (AvgIpc) is 2.61. The van der Waals surface area contributed by atoms with Gasteiger partial charge in [0.25, 0.3) is 0 Å². The van der Waals surface area contributed by atoms with E-state index in [1.165, 1.54) is 30.7 Å². The van der Waals surface area contributed by atoms with E-state index >= 15 is 0 Å². The van der Waals surface area contributed by atoms with Crippen LogP contribution in [0.4, 0.5) is 5.69 Å². The lowest BCUT2D eigenvalue weighted by Gasteiger charge is -2.19. The number of hydrogen-bond acceptors (Lipinski definition) is 3. The summed E-state index contributed by atoms with van der Waals surface area (Å²) in [6.07, 6.45) is 6.89. The predicted octanol–water partition coefficient (Wildman–Crippen LogP) is 4.22. The molecule has 0 radical (unpaired) electrons. The van der Waals surface area contributed by atoms with Crippen molar-refractivity contribution >= 4 is 47.4 Å². The molecule has 0 spiro atoms. The fourth-order valence-electron chi connectivity index (χ4n) is 2.38. The molecule has 1 rings (SSSR count). The van der Waals surface area contributed by atoms with Crippen LogP contribution in [0.3, 0.4) is 0 Å². The number of halogens is 1. The van der Waals surface area contributed by atoms with Gasteiger partial charge < -0.3 is 15.5 Å². The van der Waals surface area contributed by atoms with Crippen molar-refractivity contribution in [2.45, 2.75) is 32.6 Å². The van der Waals surface area contributed by atoms with Gasteiger partial charge in [-0.3, -0.25) is 4.99 Å². The predicted molar refractivity (Wildman–Crippen MR) is 126 cm³/mol. The number of hydrogen-bond donors (Lipinski definition) is 2. The van der Waals surface area contributed by atoms with E-state index < -0.39 is 0 Å². The van der Waals surface area contributed by atoms with Crippen LogP contribution in [0.25, 0.3) is 0 Å². The third-order valence-corrected chi connectivity index (χ3v) is 4.48. The lowest BCUT2D eigenvalue weighted by Crippen LogP contribution is -2.38. The smallest absolute Gasteiger partial charge is 0.191 e. The zero-order valence-electron chi connectivity index (χ0n) is 16.0. The lowest BCUT2D eigenvalue weighted by molar-refractivity contribution is 0.685. The number of unbranched alkanes of at least 4 members (excludes halogenated alkanes) is 2. The summed E-state index contributed by atoms with van der Waals surface area (Å²) in [5.74, 6) is 2.19. The van der Waals surface area contributed by atoms with Crippen molar-refractivity contribution in [3.8, 4) is 0 Å². The Balaban J connectivity index is 0.00000576. The second kappa shape index (κ2) is 16.8. The highest BCUT2D eigenvalue weighted by atomic mass is 127. The molecule has 0 atom stereocenters. The summed E-state index contributed by atoms with van der Waals surface area (Å²) >= 11 is 1.91. The van der Waals surface area contributed by atoms with Gasteiger partial charge >= 0.3 is 0 Å². The first kappa shape index (κ1) is 24.4. The molecule has 0 amide bonds. The number of benzene rings is 1. The maximum absolute atomic E-state index is 4.64. The Kier molecular flexibility index (Phi) is 16.4. The Bertz CT molecular complexity index is 442. The average molecular weight is 478 g/mol. The third kappa shape index (κ3) is 12.4. The first-order chi connectivity index (χ1) is 11.8. The quantitative estimate of drug-likeness (QED) is 0.204. The van der Waals surface area contributed by atoms with Crippen LogP contribution in [-0.4, -0.2) is 51.2 Å². The molecule has 0 saturated heterocycles. The Morgan fingerprint density at radius 3 is 2.52 bits per heavy atom. The molecule has 0 aliphatic carbocycles. The molecule has 144 valence electrons. The molecule has 0 bridgehead atoms. The summed E-state index contributed by atoms with van der Waals surface area (Å²) in [7, 11) is 2.16. The van der Waals surface area contributed by atoms with Crippen molar-refractivity contribution in [1.82, 2.24) is 10.6 Å². The first-order valence-corrected chi connectivity index (χ1v) is 10.4. The van der Waals surface area contributed by atoms with E-state index in [1.54, 1.807) is 0 Å². The minimum absolute atomic E-state index is 0. The van der Waals surface area contributed by atoms with Gasteiger partial charge in [-0.05, 0) is 56.7 Å². The summed E-state index contributed by atoms with van der Waals surface area (Å²) in [6, 6.07) is 10.6. The standard InChI is InChI=1S/C19H34N4S.HI/c1-4-20-19(22-15-9-11-17-24-3)21-14-8-10-16-23(2)18-12-6-5-7-13-18;/h5-7,12-13H,4,8-11,14-17H2,1-3H3,(H2,20,21,22);1H. The van der Waals surface area contributed by atoms with Crippen molar-refractivity contribution < 1.29 is 0 Å². The number of para-hydroxylation sites is 1. The first-order valence-electron chi connectivity index (χ1n) is 9.05. The number of rotatable bonds is 12. The molecular formula is C19H35IN4S. The zero-order valence-corrected chi connectivity index (χ0v) is 19.1. The molecule has 6 heteroatoms. The number of guanidine groups is 1. The zero-order chi connectivity index (χ0) is 17.5. The van der Waals surface area contributed by atoms with E-state index in [0.29, 0.717) is 0 Å². The van der Waals surface area contributed by atoms with E-state index in [4.69, 9.17) is 0 Å². The summed E-state index contributed by atoms with van der Waals surface area (Å²) in [5, 5.41) is 6.76. The van der Waals surface area contributed by atoms with E-state index in [9.17, 15) is 0 Å². The molecule has 0 saturated carbocycles. The molecule has 0 aliphatic heterocycles. The second-order valence-electron chi connectivity index (χ2n) is 5.85. The monoisotopic (exact) mass is 478 g/mol. The van der Waals surface area contributed by atoms with Crippen LogP contribution in [0.1, 0.15) is 32.6 Å². The molecule has 0 unspecified atom stereocenters. The van der Waals surface area contributed by atoms with Crippen molar-refractivity contribution in [3.05, 3.63) is 30.3 Å². The van der Waals surface area contributed by atoms with Gasteiger partial charge in [-0.2, -0.15) is 11.8 Å². The SMILES string of the molecule is CCNC(=NCCCCSC)NCCCCN(C)c1ccccc1.I. The van der Waals surface area contributed by atoms with E-state index in [-0.39, 0.29) is 24.0 Å². The minimum Gasteiger partial charge on any atom is -0.375 e. The van der Waals surface area contributed by atoms with E-state index in [2.05, 4.69) is 71.1 Å². The van der Waals surface area contributed by atoms with Crippen molar-refractivity contribution in [2.24, 2.45) is 4.99 Å². The lowest BCUT2D eigenvalue weighted by atomic mass is 10.2. The number of nitrogens with one attached hydrogen (secondary N) is 2. The molecular weight excluding hydrogens is 443 g/mol. The fraction of sp³-hybridized carbons (Fsp3) is 0.632. The largest absolute Gasteiger partial charge is 0.375 e. The fourth-order valence-corrected chi connectivity index (χ4v) is 2.88. The van der Waals surface area contributed by atoms with E-state index in [0.717, 1.165) is 38.6 Å². The molecule has 4 nitrogen and oxygen atoms in total. The van der Waals surface area contributed by atoms with Crippen LogP contribution in [0.5, 0.6) is 0 Å². The molecule has 0 fully saturated rings. The summed E-state index contributed by atoms with van der Waals surface area (Å²) in [6.45, 7) is 5.98. The van der Waals surface area contributed by atoms with Crippen molar-refractivity contribution in [3.63, 3.8) is 0 Å². The maximum atomic E-state index is 4.64. The molecule has 0 heterocycles. The van der Waals surface area contributed by atoms with Crippen molar-refractivity contribution in [1.29, 1.82) is 0 Å². The van der Waals surface area contributed by atoms with Gasteiger partial charge in [-0.25, -0.2) is 0 Å². The van der Waals surface area contributed by atoms with Crippen LogP contribution >= 0.6 is 35.7 Å². The number of thioether (sulfide) groups is 1. The Morgan fingerprint density at radius 2 is 1.84 bits per heavy atom. The van der Waals surface area contributed by atoms with Crippen LogP contribution in [0.15, 0.2) is 35.3 Å². The molecule has 0 aliphatic rings. The summed E-state index contributed by atoms with van der Waals surface area (Å²) in [4.78, 5) is 6.95. The van der Waals surface area contributed by atoms with Gasteiger partial charge in [0.05, 0.1) is 0 Å². The molecule has 1 aromatic rings. The van der Waals surface area contributed by atoms with Crippen LogP contribution < -0.4 is 15.5 Å². The van der Waals surface area contributed by atoms with Gasteiger partial charge in [0.15, 0.2) is 5.96 Å². The summed E-state index contributed by atoms with van der Waals surface area (Å²) < 4.78 is 0. The van der Waals surface area contributed by atoms with Crippen molar-refractivity contribution in [2.75, 3.05) is 50.1 Å². The van der Waals surface area contributed by atoms with Gasteiger partial charge in [0.1, 0.15) is 0 Å². The van der Waals surface area contributed by atoms with Gasteiger partial charge in [-0.1, -0.05) is 18.2 Å². The highest BCUT2D eigenvalue weighted by molar-refractivity contribution is 14.0. The number of aliphatic imine (C=N–C) groups is 1. The minimum atomic E-state index is 0. The van der Waals surface area contributed by atoms with Crippen LogP contribution in [0.2, 0.25) is 0 Å². The Hall–Kier alpha value is -0.630. The molecule has 25 heavy (non-hydrogen) atoms. The third-order valence-electron chi connectivity index (χ3n) is 3.78. The number of nitrogens with zero attached hydrogens (tertiary/aromatic N) is 2. The topological polar surface area (TPSA) is 39.7 Å².